The van der Waals surface area contributed by atoms with Crippen LogP contribution in [-0.2, 0) is 4.79 Å². The number of hydrogen-bond donors (Lipinski definition) is 2. The van der Waals surface area contributed by atoms with E-state index in [0.717, 1.165) is 21.8 Å². The minimum atomic E-state index is -0.278. The van der Waals surface area contributed by atoms with Crippen LogP contribution in [0.4, 0.5) is 5.69 Å². The van der Waals surface area contributed by atoms with Crippen LogP contribution in [0.2, 0.25) is 0 Å². The molecule has 0 radical (unpaired) electrons. The summed E-state index contributed by atoms with van der Waals surface area (Å²) in [6.07, 6.45) is 1.98. The first-order valence-electron chi connectivity index (χ1n) is 8.25. The van der Waals surface area contributed by atoms with Gasteiger partial charge >= 0.3 is 0 Å². The van der Waals surface area contributed by atoms with Gasteiger partial charge in [-0.3, -0.25) is 9.59 Å². The van der Waals surface area contributed by atoms with Gasteiger partial charge in [0.1, 0.15) is 5.75 Å². The Labute approximate surface area is 169 Å². The molecule has 0 bridgehead atoms. The third kappa shape index (κ3) is 6.46. The number of anilines is 1. The van der Waals surface area contributed by atoms with Crippen LogP contribution in [0.15, 0.2) is 51.4 Å². The number of ether oxygens (including phenoxy) is 1. The number of nitrogens with one attached hydrogen (secondary N) is 2. The van der Waals surface area contributed by atoms with E-state index in [-0.39, 0.29) is 18.4 Å². The molecule has 0 unspecified atom stereocenters. The van der Waals surface area contributed by atoms with Crippen molar-refractivity contribution in [3.63, 3.8) is 0 Å². The molecule has 0 aliphatic rings. The molecule has 2 aromatic carbocycles. The molecule has 138 valence electrons. The van der Waals surface area contributed by atoms with E-state index in [1.54, 1.807) is 30.3 Å². The highest BCUT2D eigenvalue weighted by Crippen LogP contribution is 2.28. The molecule has 0 spiro atoms. The zero-order valence-electron chi connectivity index (χ0n) is 14.4. The van der Waals surface area contributed by atoms with E-state index in [9.17, 15) is 9.59 Å². The highest BCUT2D eigenvalue weighted by Gasteiger charge is 2.08. The summed E-state index contributed by atoms with van der Waals surface area (Å²) in [4.78, 5) is 24.0. The molecule has 0 aromatic heterocycles. The summed E-state index contributed by atoms with van der Waals surface area (Å²) in [6.45, 7) is 2.62. The van der Waals surface area contributed by atoms with Crippen LogP contribution in [0.5, 0.6) is 5.75 Å². The minimum absolute atomic E-state index is 0.111. The zero-order chi connectivity index (χ0) is 18.9. The summed E-state index contributed by atoms with van der Waals surface area (Å²) < 4.78 is 7.18. The molecular formula is C19H20Br2N2O3. The van der Waals surface area contributed by atoms with Crippen LogP contribution in [0.3, 0.4) is 0 Å². The molecule has 5 nitrogen and oxygen atoms in total. The summed E-state index contributed by atoms with van der Waals surface area (Å²) >= 11 is 6.74. The minimum Gasteiger partial charge on any atom is -0.483 e. The van der Waals surface area contributed by atoms with Gasteiger partial charge in [-0.25, -0.2) is 0 Å². The van der Waals surface area contributed by atoms with E-state index in [0.29, 0.717) is 23.5 Å². The molecule has 2 aromatic rings. The summed E-state index contributed by atoms with van der Waals surface area (Å²) in [5.74, 6) is 0.196. The van der Waals surface area contributed by atoms with E-state index in [1.165, 1.54) is 0 Å². The fourth-order valence-electron chi connectivity index (χ4n) is 2.12. The fraction of sp³-hybridized carbons (Fsp3) is 0.263. The Hall–Kier alpha value is -1.86. The van der Waals surface area contributed by atoms with Crippen LogP contribution >= 0.6 is 31.9 Å². The van der Waals surface area contributed by atoms with Crippen molar-refractivity contribution in [2.45, 2.75) is 19.8 Å². The smallest absolute Gasteiger partial charge is 0.262 e. The maximum absolute atomic E-state index is 12.0. The maximum Gasteiger partial charge on any atom is 0.262 e. The van der Waals surface area contributed by atoms with Crippen molar-refractivity contribution in [1.82, 2.24) is 5.32 Å². The molecule has 2 N–H and O–H groups in total. The Kier molecular flexibility index (Phi) is 8.12. The van der Waals surface area contributed by atoms with E-state index in [2.05, 4.69) is 49.4 Å². The molecular weight excluding hydrogens is 464 g/mol. The summed E-state index contributed by atoms with van der Waals surface area (Å²) in [5, 5.41) is 5.59. The number of amides is 2. The zero-order valence-corrected chi connectivity index (χ0v) is 17.5. The number of carbonyl (C=O) groups is 2. The average molecular weight is 484 g/mol. The second kappa shape index (κ2) is 10.3. The molecule has 0 saturated heterocycles. The predicted molar refractivity (Wildman–Crippen MR) is 110 cm³/mol. The van der Waals surface area contributed by atoms with Crippen LogP contribution in [0, 0.1) is 0 Å². The van der Waals surface area contributed by atoms with Gasteiger partial charge in [0, 0.05) is 22.3 Å². The number of unbranched alkanes of at least 4 members (excludes halogenated alkanes) is 1. The lowest BCUT2D eigenvalue weighted by Gasteiger charge is -2.10. The van der Waals surface area contributed by atoms with Gasteiger partial charge in [-0.15, -0.1) is 0 Å². The Morgan fingerprint density at radius 3 is 2.46 bits per heavy atom. The molecule has 26 heavy (non-hydrogen) atoms. The second-order valence-corrected chi connectivity index (χ2v) is 7.37. The summed E-state index contributed by atoms with van der Waals surface area (Å²) in [7, 11) is 0. The van der Waals surface area contributed by atoms with Crippen LogP contribution in [0.1, 0.15) is 30.1 Å². The number of halogens is 2. The standard InChI is InChI=1S/C19H20Br2N2O3/c1-2-3-10-22-19(25)13-4-7-15(8-5-13)23-18(24)12-26-17-9-6-14(20)11-16(17)21/h4-9,11H,2-3,10,12H2,1H3,(H,22,25)(H,23,24). The van der Waals surface area contributed by atoms with E-state index in [4.69, 9.17) is 4.74 Å². The van der Waals surface area contributed by atoms with Crippen molar-refractivity contribution in [3.8, 4) is 5.75 Å². The Balaban J connectivity index is 1.84. The van der Waals surface area contributed by atoms with Gasteiger partial charge in [0.05, 0.1) is 4.47 Å². The molecule has 0 aliphatic heterocycles. The van der Waals surface area contributed by atoms with Crippen LogP contribution < -0.4 is 15.4 Å². The topological polar surface area (TPSA) is 67.4 Å². The Bertz CT molecular complexity index is 764. The first kappa shape index (κ1) is 20.5. The largest absolute Gasteiger partial charge is 0.483 e. The lowest BCUT2D eigenvalue weighted by atomic mass is 10.2. The third-order valence-electron chi connectivity index (χ3n) is 3.50. The van der Waals surface area contributed by atoms with Crippen molar-refractivity contribution in [3.05, 3.63) is 57.0 Å². The van der Waals surface area contributed by atoms with Gasteiger partial charge in [0.15, 0.2) is 6.61 Å². The highest BCUT2D eigenvalue weighted by molar-refractivity contribution is 9.11. The van der Waals surface area contributed by atoms with Crippen molar-refractivity contribution < 1.29 is 14.3 Å². The van der Waals surface area contributed by atoms with Crippen molar-refractivity contribution in [2.75, 3.05) is 18.5 Å². The quantitative estimate of drug-likeness (QED) is 0.532. The summed E-state index contributed by atoms with van der Waals surface area (Å²) in [6, 6.07) is 12.2. The first-order valence-corrected chi connectivity index (χ1v) is 9.84. The van der Waals surface area contributed by atoms with Gasteiger partial charge in [-0.2, -0.15) is 0 Å². The van der Waals surface area contributed by atoms with E-state index < -0.39 is 0 Å². The Morgan fingerprint density at radius 1 is 1.08 bits per heavy atom. The summed E-state index contributed by atoms with van der Waals surface area (Å²) in [5.41, 5.74) is 1.17. The second-order valence-electron chi connectivity index (χ2n) is 5.60. The normalized spacial score (nSPS) is 10.3. The average Bonchev–Trinajstić information content (AvgIpc) is 2.61. The molecule has 0 atom stereocenters. The highest BCUT2D eigenvalue weighted by atomic mass is 79.9. The molecule has 0 fully saturated rings. The van der Waals surface area contributed by atoms with E-state index >= 15 is 0 Å². The number of rotatable bonds is 8. The van der Waals surface area contributed by atoms with Gasteiger partial charge in [-0.1, -0.05) is 29.3 Å². The van der Waals surface area contributed by atoms with Crippen molar-refractivity contribution >= 4 is 49.4 Å². The fourth-order valence-corrected chi connectivity index (χ4v) is 3.28. The predicted octanol–water partition coefficient (Wildman–Crippen LogP) is 4.76. The van der Waals surface area contributed by atoms with Gasteiger partial charge in [0.2, 0.25) is 0 Å². The third-order valence-corrected chi connectivity index (χ3v) is 4.61. The van der Waals surface area contributed by atoms with Crippen LogP contribution in [0.25, 0.3) is 0 Å². The molecule has 0 saturated carbocycles. The monoisotopic (exact) mass is 482 g/mol. The molecule has 7 heteroatoms. The molecule has 0 aliphatic carbocycles. The SMILES string of the molecule is CCCCNC(=O)c1ccc(NC(=O)COc2ccc(Br)cc2Br)cc1. The van der Waals surface area contributed by atoms with Gasteiger partial charge < -0.3 is 15.4 Å². The Morgan fingerprint density at radius 2 is 1.81 bits per heavy atom. The number of benzene rings is 2. The molecule has 2 amide bonds. The van der Waals surface area contributed by atoms with Gasteiger partial charge in [-0.05, 0) is 64.8 Å². The molecule has 0 heterocycles. The maximum atomic E-state index is 12.0. The lowest BCUT2D eigenvalue weighted by Crippen LogP contribution is -2.24. The van der Waals surface area contributed by atoms with Crippen LogP contribution in [-0.4, -0.2) is 25.0 Å². The lowest BCUT2D eigenvalue weighted by molar-refractivity contribution is -0.118. The van der Waals surface area contributed by atoms with Gasteiger partial charge in [0.25, 0.3) is 11.8 Å². The number of carbonyl (C=O) groups excluding carboxylic acids is 2. The van der Waals surface area contributed by atoms with E-state index in [1.807, 2.05) is 12.1 Å². The number of hydrogen-bond acceptors (Lipinski definition) is 3. The first-order chi connectivity index (χ1) is 12.5. The van der Waals surface area contributed by atoms with Crippen molar-refractivity contribution in [2.24, 2.45) is 0 Å². The molecule has 2 rings (SSSR count). The van der Waals surface area contributed by atoms with Crippen molar-refractivity contribution in [1.29, 1.82) is 0 Å².